The molecular formula is C25H23ClFN7O6. The van der Waals surface area contributed by atoms with Crippen molar-refractivity contribution in [3.05, 3.63) is 70.8 Å². The van der Waals surface area contributed by atoms with E-state index >= 15 is 0 Å². The van der Waals surface area contributed by atoms with Crippen molar-refractivity contribution in [2.24, 2.45) is 0 Å². The van der Waals surface area contributed by atoms with Crippen LogP contribution in [-0.2, 0) is 19.1 Å². The number of morpholine rings is 1. The molecule has 1 aliphatic rings. The van der Waals surface area contributed by atoms with Gasteiger partial charge in [-0.1, -0.05) is 11.6 Å². The summed E-state index contributed by atoms with van der Waals surface area (Å²) < 4.78 is 21.3. The Morgan fingerprint density at radius 1 is 1.12 bits per heavy atom. The average Bonchev–Trinajstić information content (AvgIpc) is 3.49. The summed E-state index contributed by atoms with van der Waals surface area (Å²) in [6.45, 7) is 1.38. The van der Waals surface area contributed by atoms with E-state index in [0.717, 1.165) is 12.2 Å². The number of carboxylic acids is 1. The van der Waals surface area contributed by atoms with Crippen LogP contribution >= 0.6 is 11.6 Å². The normalized spacial score (nSPS) is 14.1. The van der Waals surface area contributed by atoms with Crippen LogP contribution in [0.25, 0.3) is 11.8 Å². The van der Waals surface area contributed by atoms with Gasteiger partial charge in [0.2, 0.25) is 17.7 Å². The zero-order valence-electron chi connectivity index (χ0n) is 20.8. The number of benzene rings is 2. The lowest BCUT2D eigenvalue weighted by Gasteiger charge is -2.28. The first-order chi connectivity index (χ1) is 19.2. The molecule has 1 saturated heterocycles. The SMILES string of the molecule is O=C(/C=C/c1c(-n2cnnn2)ccc(Cl)c1F)N[C@@H](CC(=O)N1CCOCC1)C(=O)Nc1ccc(C(=O)O)cc1. The summed E-state index contributed by atoms with van der Waals surface area (Å²) in [5.74, 6) is -3.84. The molecule has 3 aromatic rings. The van der Waals surface area contributed by atoms with Crippen molar-refractivity contribution < 1.29 is 33.4 Å². The lowest BCUT2D eigenvalue weighted by atomic mass is 10.1. The smallest absolute Gasteiger partial charge is 0.335 e. The fraction of sp³-hybridized carbons (Fsp3) is 0.240. The van der Waals surface area contributed by atoms with Crippen molar-refractivity contribution in [2.75, 3.05) is 31.6 Å². The summed E-state index contributed by atoms with van der Waals surface area (Å²) in [6.07, 6.45) is 3.02. The number of aromatic carboxylic acids is 1. The maximum absolute atomic E-state index is 14.8. The van der Waals surface area contributed by atoms with Gasteiger partial charge in [0, 0.05) is 30.4 Å². The van der Waals surface area contributed by atoms with Crippen LogP contribution in [0.5, 0.6) is 0 Å². The van der Waals surface area contributed by atoms with E-state index in [1.807, 2.05) is 0 Å². The van der Waals surface area contributed by atoms with Crippen molar-refractivity contribution >= 4 is 47.1 Å². The van der Waals surface area contributed by atoms with Crippen molar-refractivity contribution in [1.82, 2.24) is 30.4 Å². The molecule has 1 aliphatic heterocycles. The second-order valence-electron chi connectivity index (χ2n) is 8.51. The molecule has 208 valence electrons. The number of amides is 3. The average molecular weight is 572 g/mol. The predicted octanol–water partition coefficient (Wildman–Crippen LogP) is 1.54. The van der Waals surface area contributed by atoms with E-state index in [-0.39, 0.29) is 39.9 Å². The number of hydrogen-bond donors (Lipinski definition) is 3. The zero-order chi connectivity index (χ0) is 28.6. The van der Waals surface area contributed by atoms with Gasteiger partial charge in [-0.05, 0) is 52.9 Å². The van der Waals surface area contributed by atoms with Gasteiger partial charge in [0.15, 0.2) is 5.82 Å². The topological polar surface area (TPSA) is 169 Å². The van der Waals surface area contributed by atoms with E-state index in [1.54, 1.807) is 0 Å². The largest absolute Gasteiger partial charge is 0.478 e. The van der Waals surface area contributed by atoms with Gasteiger partial charge >= 0.3 is 5.97 Å². The van der Waals surface area contributed by atoms with Crippen LogP contribution in [0.15, 0.2) is 48.8 Å². The Bertz CT molecular complexity index is 1430. The van der Waals surface area contributed by atoms with Crippen molar-refractivity contribution in [2.45, 2.75) is 12.5 Å². The molecule has 0 bridgehead atoms. The molecule has 1 aromatic heterocycles. The molecule has 1 atom stereocenters. The molecule has 13 nitrogen and oxygen atoms in total. The maximum Gasteiger partial charge on any atom is 0.335 e. The molecular weight excluding hydrogens is 549 g/mol. The summed E-state index contributed by atoms with van der Waals surface area (Å²) in [4.78, 5) is 51.5. The summed E-state index contributed by atoms with van der Waals surface area (Å²) in [6, 6.07) is 6.83. The molecule has 40 heavy (non-hydrogen) atoms. The lowest BCUT2D eigenvalue weighted by Crippen LogP contribution is -2.48. The number of aromatic nitrogens is 4. The number of anilines is 1. The highest BCUT2D eigenvalue weighted by Gasteiger charge is 2.27. The molecule has 2 aromatic carbocycles. The number of carbonyl (C=O) groups excluding carboxylic acids is 3. The number of halogens is 2. The second kappa shape index (κ2) is 12.9. The van der Waals surface area contributed by atoms with Gasteiger partial charge < -0.3 is 25.4 Å². The predicted molar refractivity (Wildman–Crippen MR) is 139 cm³/mol. The molecule has 0 spiro atoms. The Hall–Kier alpha value is -4.69. The standard InChI is InChI=1S/C25H23ClFN7O6/c26-18-6-7-20(34-14-28-31-32-34)17(23(18)27)5-8-21(35)30-19(13-22(36)33-9-11-40-12-10-33)24(37)29-16-3-1-15(2-4-16)25(38)39/h1-8,14,19H,9-13H2,(H,29,37)(H,30,35)(H,38,39)/b8-5+/t19-/m0/s1. The van der Waals surface area contributed by atoms with Crippen molar-refractivity contribution in [3.8, 4) is 5.69 Å². The number of carboxylic acid groups (broad SMARTS) is 1. The molecule has 4 rings (SSSR count). The number of hydrogen-bond acceptors (Lipinski definition) is 8. The first-order valence-electron chi connectivity index (χ1n) is 11.9. The monoisotopic (exact) mass is 571 g/mol. The molecule has 3 amide bonds. The Labute approximate surface area is 231 Å². The Kier molecular flexibility index (Phi) is 9.14. The van der Waals surface area contributed by atoms with Gasteiger partial charge in [-0.2, -0.15) is 4.68 Å². The highest BCUT2D eigenvalue weighted by Crippen LogP contribution is 2.25. The second-order valence-corrected chi connectivity index (χ2v) is 8.92. The van der Waals surface area contributed by atoms with Crippen molar-refractivity contribution in [1.29, 1.82) is 0 Å². The van der Waals surface area contributed by atoms with E-state index in [1.165, 1.54) is 52.3 Å². The first kappa shape index (κ1) is 28.3. The van der Waals surface area contributed by atoms with Crippen LogP contribution in [0.4, 0.5) is 10.1 Å². The van der Waals surface area contributed by atoms with Crippen LogP contribution in [0.1, 0.15) is 22.3 Å². The molecule has 0 aliphatic carbocycles. The van der Waals surface area contributed by atoms with Gasteiger partial charge in [-0.3, -0.25) is 14.4 Å². The van der Waals surface area contributed by atoms with Crippen molar-refractivity contribution in [3.63, 3.8) is 0 Å². The minimum Gasteiger partial charge on any atom is -0.478 e. The highest BCUT2D eigenvalue weighted by atomic mass is 35.5. The van der Waals surface area contributed by atoms with Gasteiger partial charge in [0.1, 0.15) is 12.4 Å². The van der Waals surface area contributed by atoms with E-state index < -0.39 is 29.6 Å². The van der Waals surface area contributed by atoms with Crippen LogP contribution < -0.4 is 10.6 Å². The van der Waals surface area contributed by atoms with Gasteiger partial charge in [-0.25, -0.2) is 9.18 Å². The van der Waals surface area contributed by atoms with Crippen LogP contribution in [0, 0.1) is 5.82 Å². The number of nitrogens with zero attached hydrogens (tertiary/aromatic N) is 5. The van der Waals surface area contributed by atoms with E-state index in [2.05, 4.69) is 26.2 Å². The van der Waals surface area contributed by atoms with Gasteiger partial charge in [0.25, 0.3) is 0 Å². The molecule has 3 N–H and O–H groups in total. The van der Waals surface area contributed by atoms with Crippen LogP contribution in [-0.4, -0.2) is 86.2 Å². The Morgan fingerprint density at radius 3 is 2.50 bits per heavy atom. The maximum atomic E-state index is 14.8. The lowest BCUT2D eigenvalue weighted by molar-refractivity contribution is -0.137. The fourth-order valence-electron chi connectivity index (χ4n) is 3.82. The number of tetrazole rings is 1. The summed E-state index contributed by atoms with van der Waals surface area (Å²) in [7, 11) is 0. The third-order valence-electron chi connectivity index (χ3n) is 5.88. The number of nitrogens with one attached hydrogen (secondary N) is 2. The minimum absolute atomic E-state index is 0.0183. The highest BCUT2D eigenvalue weighted by molar-refractivity contribution is 6.31. The van der Waals surface area contributed by atoms with E-state index in [4.69, 9.17) is 21.4 Å². The Morgan fingerprint density at radius 2 is 1.85 bits per heavy atom. The van der Waals surface area contributed by atoms with E-state index in [9.17, 15) is 23.6 Å². The zero-order valence-corrected chi connectivity index (χ0v) is 21.5. The molecule has 2 heterocycles. The summed E-state index contributed by atoms with van der Waals surface area (Å²) >= 11 is 5.92. The number of ether oxygens (including phenoxy) is 1. The van der Waals surface area contributed by atoms with Gasteiger partial charge in [0.05, 0.1) is 35.9 Å². The summed E-state index contributed by atoms with van der Waals surface area (Å²) in [5, 5.41) is 24.7. The molecule has 0 unspecified atom stereocenters. The van der Waals surface area contributed by atoms with Crippen LogP contribution in [0.3, 0.4) is 0 Å². The quantitative estimate of drug-likeness (QED) is 0.322. The van der Waals surface area contributed by atoms with Gasteiger partial charge in [-0.15, -0.1) is 5.10 Å². The summed E-state index contributed by atoms with van der Waals surface area (Å²) in [5.41, 5.74) is 0.400. The van der Waals surface area contributed by atoms with E-state index in [0.29, 0.717) is 26.3 Å². The first-order valence-corrected chi connectivity index (χ1v) is 12.3. The molecule has 15 heteroatoms. The number of rotatable bonds is 9. The fourth-order valence-corrected chi connectivity index (χ4v) is 3.98. The van der Waals surface area contributed by atoms with Crippen LogP contribution in [0.2, 0.25) is 5.02 Å². The number of carbonyl (C=O) groups is 4. The third-order valence-corrected chi connectivity index (χ3v) is 6.17. The minimum atomic E-state index is -1.31. The molecule has 0 saturated carbocycles. The Balaban J connectivity index is 1.53. The third kappa shape index (κ3) is 7.03. The molecule has 0 radical (unpaired) electrons. The molecule has 1 fully saturated rings.